The first-order valence-electron chi connectivity index (χ1n) is 8.75. The van der Waals surface area contributed by atoms with E-state index in [1.807, 2.05) is 13.0 Å². The third-order valence-corrected chi connectivity index (χ3v) is 5.94. The topological polar surface area (TPSA) is 108 Å². The van der Waals surface area contributed by atoms with Gasteiger partial charge in [0.05, 0.1) is 4.90 Å². The number of benzene rings is 2. The molecule has 3 N–H and O–H groups in total. The third-order valence-electron chi connectivity index (χ3n) is 4.33. The molecule has 1 amide bonds. The maximum absolute atomic E-state index is 12.4. The molecule has 0 fully saturated rings. The van der Waals surface area contributed by atoms with Crippen molar-refractivity contribution in [2.75, 3.05) is 13.1 Å². The summed E-state index contributed by atoms with van der Waals surface area (Å²) in [4.78, 5) is 27.1. The van der Waals surface area contributed by atoms with Crippen LogP contribution < -0.4 is 15.6 Å². The van der Waals surface area contributed by atoms with Gasteiger partial charge in [-0.05, 0) is 48.6 Å². The van der Waals surface area contributed by atoms with Crippen LogP contribution in [0, 0.1) is 13.8 Å². The fraction of sp³-hybridized carbons (Fsp3) is 0.200. The lowest BCUT2D eigenvalue weighted by atomic mass is 10.1. The van der Waals surface area contributed by atoms with Crippen LogP contribution in [-0.2, 0) is 10.0 Å². The second kappa shape index (κ2) is 7.95. The van der Waals surface area contributed by atoms with E-state index in [1.54, 1.807) is 49.4 Å². The molecular weight excluding hydrogens is 378 g/mol. The maximum Gasteiger partial charge on any atom is 0.267 e. The number of carbonyl (C=O) groups is 1. The largest absolute Gasteiger partial charge is 0.349 e. The first-order chi connectivity index (χ1) is 13.3. The molecule has 0 atom stereocenters. The number of pyridine rings is 1. The quantitative estimate of drug-likeness (QED) is 0.550. The molecule has 0 bridgehead atoms. The average Bonchev–Trinajstić information content (AvgIpc) is 2.67. The Morgan fingerprint density at radius 1 is 1.04 bits per heavy atom. The van der Waals surface area contributed by atoms with Crippen LogP contribution in [0.1, 0.15) is 21.6 Å². The van der Waals surface area contributed by atoms with Gasteiger partial charge in [0.2, 0.25) is 10.0 Å². The number of H-pyrrole nitrogens is 1. The molecule has 1 aromatic heterocycles. The summed E-state index contributed by atoms with van der Waals surface area (Å²) in [5.74, 6) is -0.478. The number of rotatable bonds is 6. The van der Waals surface area contributed by atoms with Gasteiger partial charge in [0.15, 0.2) is 0 Å². The van der Waals surface area contributed by atoms with Crippen molar-refractivity contribution in [2.24, 2.45) is 0 Å². The molecule has 3 rings (SSSR count). The molecule has 0 aliphatic rings. The fourth-order valence-corrected chi connectivity index (χ4v) is 4.22. The number of aromatic nitrogens is 1. The molecule has 0 aliphatic carbocycles. The van der Waals surface area contributed by atoms with Crippen molar-refractivity contribution in [3.8, 4) is 0 Å². The predicted octanol–water partition coefficient (Wildman–Crippen LogP) is 1.85. The molecule has 3 aromatic rings. The summed E-state index contributed by atoms with van der Waals surface area (Å²) in [5, 5.41) is 3.76. The molecule has 2 aromatic carbocycles. The van der Waals surface area contributed by atoms with E-state index in [0.29, 0.717) is 16.3 Å². The van der Waals surface area contributed by atoms with Crippen molar-refractivity contribution in [3.63, 3.8) is 0 Å². The number of hydrogen-bond acceptors (Lipinski definition) is 4. The van der Waals surface area contributed by atoms with Crippen molar-refractivity contribution in [3.05, 3.63) is 75.7 Å². The maximum atomic E-state index is 12.4. The monoisotopic (exact) mass is 399 g/mol. The van der Waals surface area contributed by atoms with E-state index in [2.05, 4.69) is 15.0 Å². The van der Waals surface area contributed by atoms with Gasteiger partial charge in [0.1, 0.15) is 5.69 Å². The first-order valence-corrected chi connectivity index (χ1v) is 10.2. The van der Waals surface area contributed by atoms with E-state index < -0.39 is 15.9 Å². The Morgan fingerprint density at radius 3 is 2.57 bits per heavy atom. The molecular formula is C20H21N3O4S. The van der Waals surface area contributed by atoms with Crippen molar-refractivity contribution >= 4 is 26.7 Å². The van der Waals surface area contributed by atoms with Gasteiger partial charge in [-0.2, -0.15) is 0 Å². The van der Waals surface area contributed by atoms with Gasteiger partial charge in [-0.15, -0.1) is 0 Å². The Labute approximate surface area is 162 Å². The molecule has 1 heterocycles. The molecule has 0 unspecified atom stereocenters. The minimum atomic E-state index is -3.67. The second-order valence-corrected chi connectivity index (χ2v) is 8.26. The summed E-state index contributed by atoms with van der Waals surface area (Å²) in [7, 11) is -3.67. The van der Waals surface area contributed by atoms with Crippen LogP contribution >= 0.6 is 0 Å². The number of sulfonamides is 1. The minimum Gasteiger partial charge on any atom is -0.349 e. The number of amides is 1. The zero-order valence-corrected chi connectivity index (χ0v) is 16.4. The van der Waals surface area contributed by atoms with Crippen molar-refractivity contribution in [2.45, 2.75) is 18.7 Å². The Hall–Kier alpha value is -2.97. The highest BCUT2D eigenvalue weighted by Crippen LogP contribution is 2.16. The van der Waals surface area contributed by atoms with Gasteiger partial charge in [-0.25, -0.2) is 13.1 Å². The smallest absolute Gasteiger partial charge is 0.267 e. The van der Waals surface area contributed by atoms with Crippen LogP contribution in [0.3, 0.4) is 0 Å². The number of nitrogens with one attached hydrogen (secondary N) is 3. The van der Waals surface area contributed by atoms with Gasteiger partial charge in [0.25, 0.3) is 11.5 Å². The standard InChI is InChI=1S/C20H21N3O4S/c1-13-7-8-14(2)18(11-13)28(26,27)22-10-9-21-20(25)17-12-15-5-3-4-6-16(15)19(24)23-17/h3-8,11-12,22H,9-10H2,1-2H3,(H,21,25)(H,23,24). The zero-order chi connectivity index (χ0) is 20.3. The number of fused-ring (bicyclic) bond motifs is 1. The van der Waals surface area contributed by atoms with Crippen LogP contribution in [-0.4, -0.2) is 32.4 Å². The Kier molecular flexibility index (Phi) is 5.62. The third kappa shape index (κ3) is 4.29. The molecule has 0 radical (unpaired) electrons. The highest BCUT2D eigenvalue weighted by atomic mass is 32.2. The van der Waals surface area contributed by atoms with E-state index in [-0.39, 0.29) is 29.2 Å². The summed E-state index contributed by atoms with van der Waals surface area (Å²) in [6.45, 7) is 3.66. The molecule has 0 saturated heterocycles. The van der Waals surface area contributed by atoms with Gasteiger partial charge in [-0.3, -0.25) is 9.59 Å². The lowest BCUT2D eigenvalue weighted by molar-refractivity contribution is 0.0949. The SMILES string of the molecule is Cc1ccc(C)c(S(=O)(=O)NCCNC(=O)c2cc3ccccc3c(=O)[nH]2)c1. The Balaban J connectivity index is 1.63. The lowest BCUT2D eigenvalue weighted by Gasteiger charge is -2.11. The molecule has 7 nitrogen and oxygen atoms in total. The summed E-state index contributed by atoms with van der Waals surface area (Å²) >= 11 is 0. The van der Waals surface area contributed by atoms with E-state index in [0.717, 1.165) is 5.56 Å². The average molecular weight is 399 g/mol. The molecule has 28 heavy (non-hydrogen) atoms. The van der Waals surface area contributed by atoms with Crippen LogP contribution in [0.25, 0.3) is 10.8 Å². The van der Waals surface area contributed by atoms with Crippen molar-refractivity contribution in [1.29, 1.82) is 0 Å². The van der Waals surface area contributed by atoms with E-state index in [4.69, 9.17) is 0 Å². The lowest BCUT2D eigenvalue weighted by Crippen LogP contribution is -2.35. The van der Waals surface area contributed by atoms with Crippen LogP contribution in [0.4, 0.5) is 0 Å². The first kappa shape index (κ1) is 19.8. The summed E-state index contributed by atoms with van der Waals surface area (Å²) in [5.41, 5.74) is 1.27. The highest BCUT2D eigenvalue weighted by Gasteiger charge is 2.16. The molecule has 8 heteroatoms. The molecule has 0 aliphatic heterocycles. The Bertz CT molecular complexity index is 1200. The van der Waals surface area contributed by atoms with Crippen LogP contribution in [0.5, 0.6) is 0 Å². The molecule has 0 saturated carbocycles. The number of aryl methyl sites for hydroxylation is 2. The summed E-state index contributed by atoms with van der Waals surface area (Å²) in [6.07, 6.45) is 0. The Morgan fingerprint density at radius 2 is 1.79 bits per heavy atom. The van der Waals surface area contributed by atoms with E-state index >= 15 is 0 Å². The number of carbonyl (C=O) groups excluding carboxylic acids is 1. The molecule has 0 spiro atoms. The predicted molar refractivity (Wildman–Crippen MR) is 108 cm³/mol. The fourth-order valence-electron chi connectivity index (χ4n) is 2.86. The van der Waals surface area contributed by atoms with Crippen LogP contribution in [0.15, 0.2) is 58.2 Å². The number of aromatic amines is 1. The minimum absolute atomic E-state index is 0.0271. The van der Waals surface area contributed by atoms with Gasteiger partial charge in [0, 0.05) is 18.5 Å². The summed E-state index contributed by atoms with van der Waals surface area (Å²) < 4.78 is 27.4. The van der Waals surface area contributed by atoms with Crippen molar-refractivity contribution < 1.29 is 13.2 Å². The zero-order valence-electron chi connectivity index (χ0n) is 15.6. The summed E-state index contributed by atoms with van der Waals surface area (Å²) in [6, 6.07) is 13.8. The van der Waals surface area contributed by atoms with E-state index in [1.165, 1.54) is 0 Å². The van der Waals surface area contributed by atoms with E-state index in [9.17, 15) is 18.0 Å². The second-order valence-electron chi connectivity index (χ2n) is 6.52. The molecule has 146 valence electrons. The number of hydrogen-bond donors (Lipinski definition) is 3. The van der Waals surface area contributed by atoms with Gasteiger partial charge < -0.3 is 10.3 Å². The normalized spacial score (nSPS) is 11.5. The van der Waals surface area contributed by atoms with Gasteiger partial charge in [-0.1, -0.05) is 30.3 Å². The highest BCUT2D eigenvalue weighted by molar-refractivity contribution is 7.89. The van der Waals surface area contributed by atoms with Gasteiger partial charge >= 0.3 is 0 Å². The van der Waals surface area contributed by atoms with Crippen LogP contribution in [0.2, 0.25) is 0 Å². The van der Waals surface area contributed by atoms with Crippen molar-refractivity contribution in [1.82, 2.24) is 15.0 Å².